The highest BCUT2D eigenvalue weighted by molar-refractivity contribution is 5.27. The number of hydrogen-bond donors (Lipinski definition) is 3. The molecule has 0 saturated carbocycles. The molecule has 1 aromatic carbocycles. The number of rotatable bonds is 3. The summed E-state index contributed by atoms with van der Waals surface area (Å²) in [6.07, 6.45) is 2.55. The van der Waals surface area contributed by atoms with Gasteiger partial charge in [0.15, 0.2) is 0 Å². The molecule has 0 bridgehead atoms. The molecule has 2 atom stereocenters. The van der Waals surface area contributed by atoms with E-state index in [-0.39, 0.29) is 11.9 Å². The van der Waals surface area contributed by atoms with Crippen molar-refractivity contribution in [1.82, 2.24) is 5.32 Å². The summed E-state index contributed by atoms with van der Waals surface area (Å²) in [5.74, 6) is 0.613. The molecule has 1 heterocycles. The van der Waals surface area contributed by atoms with E-state index in [4.69, 9.17) is 0 Å². The van der Waals surface area contributed by atoms with Crippen LogP contribution in [0.25, 0.3) is 0 Å². The molecule has 1 aliphatic heterocycles. The van der Waals surface area contributed by atoms with Crippen molar-refractivity contribution in [3.8, 4) is 5.75 Å². The summed E-state index contributed by atoms with van der Waals surface area (Å²) in [5.41, 5.74) is 0.998. The third-order valence-electron chi connectivity index (χ3n) is 3.23. The van der Waals surface area contributed by atoms with E-state index in [1.54, 1.807) is 12.1 Å². The highest BCUT2D eigenvalue weighted by Gasteiger charge is 2.21. The van der Waals surface area contributed by atoms with E-state index in [1.807, 2.05) is 12.1 Å². The molecule has 0 aliphatic carbocycles. The molecular weight excluding hydrogens is 202 g/mol. The summed E-state index contributed by atoms with van der Waals surface area (Å²) >= 11 is 0. The normalized spacial score (nSPS) is 22.9. The van der Waals surface area contributed by atoms with Crippen molar-refractivity contribution in [2.24, 2.45) is 5.92 Å². The van der Waals surface area contributed by atoms with Gasteiger partial charge in [-0.15, -0.1) is 0 Å². The van der Waals surface area contributed by atoms with E-state index in [2.05, 4.69) is 5.32 Å². The van der Waals surface area contributed by atoms with Crippen LogP contribution in [0.2, 0.25) is 0 Å². The highest BCUT2D eigenvalue weighted by Crippen LogP contribution is 2.19. The average molecular weight is 221 g/mol. The minimum atomic E-state index is -0.311. The predicted molar refractivity (Wildman–Crippen MR) is 63.4 cm³/mol. The molecule has 3 N–H and O–H groups in total. The molecule has 2 rings (SSSR count). The number of nitrogens with one attached hydrogen (secondary N) is 1. The Bertz CT molecular complexity index is 334. The lowest BCUT2D eigenvalue weighted by Crippen LogP contribution is -2.37. The second kappa shape index (κ2) is 5.32. The van der Waals surface area contributed by atoms with Crippen LogP contribution in [0.1, 0.15) is 18.4 Å². The maximum absolute atomic E-state index is 10.1. The lowest BCUT2D eigenvalue weighted by atomic mass is 9.90. The van der Waals surface area contributed by atoms with E-state index in [9.17, 15) is 10.2 Å². The maximum atomic E-state index is 10.1. The molecule has 0 spiro atoms. The summed E-state index contributed by atoms with van der Waals surface area (Å²) in [6.45, 7) is 1.97. The molecule has 2 unspecified atom stereocenters. The number of hydrogen-bond acceptors (Lipinski definition) is 3. The summed E-state index contributed by atoms with van der Waals surface area (Å²) in [4.78, 5) is 0. The zero-order chi connectivity index (χ0) is 11.4. The van der Waals surface area contributed by atoms with Crippen molar-refractivity contribution in [2.45, 2.75) is 25.4 Å². The standard InChI is InChI=1S/C13H19NO2/c15-12-5-1-3-10(7-12)8-13(16)11-4-2-6-14-9-11/h1,3,5,7,11,13-16H,2,4,6,8-9H2. The van der Waals surface area contributed by atoms with E-state index >= 15 is 0 Å². The molecule has 3 nitrogen and oxygen atoms in total. The molecule has 0 radical (unpaired) electrons. The molecule has 1 fully saturated rings. The Morgan fingerprint density at radius 3 is 3.00 bits per heavy atom. The van der Waals surface area contributed by atoms with Gasteiger partial charge in [-0.25, -0.2) is 0 Å². The fraction of sp³-hybridized carbons (Fsp3) is 0.538. The zero-order valence-electron chi connectivity index (χ0n) is 9.39. The first-order chi connectivity index (χ1) is 7.75. The molecule has 0 aromatic heterocycles. The van der Waals surface area contributed by atoms with Gasteiger partial charge in [0, 0.05) is 6.54 Å². The third-order valence-corrected chi connectivity index (χ3v) is 3.23. The Balaban J connectivity index is 1.93. The average Bonchev–Trinajstić information content (AvgIpc) is 2.30. The summed E-state index contributed by atoms with van der Waals surface area (Å²) < 4.78 is 0. The summed E-state index contributed by atoms with van der Waals surface area (Å²) in [7, 11) is 0. The van der Waals surface area contributed by atoms with Crippen LogP contribution in [0, 0.1) is 5.92 Å². The SMILES string of the molecule is Oc1cccc(CC(O)C2CCCNC2)c1. The Labute approximate surface area is 96.1 Å². The van der Waals surface area contributed by atoms with Crippen molar-refractivity contribution in [3.05, 3.63) is 29.8 Å². The van der Waals surface area contributed by atoms with Gasteiger partial charge >= 0.3 is 0 Å². The minimum absolute atomic E-state index is 0.270. The molecule has 1 saturated heterocycles. The van der Waals surface area contributed by atoms with E-state index in [0.717, 1.165) is 31.5 Å². The van der Waals surface area contributed by atoms with Gasteiger partial charge in [0.05, 0.1) is 6.10 Å². The Morgan fingerprint density at radius 1 is 1.44 bits per heavy atom. The highest BCUT2D eigenvalue weighted by atomic mass is 16.3. The Kier molecular flexibility index (Phi) is 3.80. The first kappa shape index (κ1) is 11.4. The van der Waals surface area contributed by atoms with Crippen molar-refractivity contribution < 1.29 is 10.2 Å². The fourth-order valence-electron chi connectivity index (χ4n) is 2.30. The van der Waals surface area contributed by atoms with Crippen LogP contribution in [0.4, 0.5) is 0 Å². The van der Waals surface area contributed by atoms with E-state index < -0.39 is 0 Å². The second-order valence-corrected chi connectivity index (χ2v) is 4.55. The predicted octanol–water partition coefficient (Wildman–Crippen LogP) is 1.30. The van der Waals surface area contributed by atoms with Crippen molar-refractivity contribution >= 4 is 0 Å². The van der Waals surface area contributed by atoms with Gasteiger partial charge in [-0.2, -0.15) is 0 Å². The van der Waals surface area contributed by atoms with Crippen LogP contribution in [0.15, 0.2) is 24.3 Å². The second-order valence-electron chi connectivity index (χ2n) is 4.55. The number of aliphatic hydroxyl groups is 1. The number of aliphatic hydroxyl groups excluding tert-OH is 1. The zero-order valence-corrected chi connectivity index (χ0v) is 9.39. The summed E-state index contributed by atoms with van der Waals surface area (Å²) in [5, 5.41) is 22.7. The van der Waals surface area contributed by atoms with Crippen molar-refractivity contribution in [2.75, 3.05) is 13.1 Å². The van der Waals surface area contributed by atoms with Crippen LogP contribution >= 0.6 is 0 Å². The van der Waals surface area contributed by atoms with Gasteiger partial charge < -0.3 is 15.5 Å². The van der Waals surface area contributed by atoms with Crippen LogP contribution in [0.3, 0.4) is 0 Å². The van der Waals surface area contributed by atoms with Gasteiger partial charge in [-0.1, -0.05) is 12.1 Å². The van der Waals surface area contributed by atoms with Crippen molar-refractivity contribution in [3.63, 3.8) is 0 Å². The molecule has 1 aliphatic rings. The minimum Gasteiger partial charge on any atom is -0.508 e. The monoisotopic (exact) mass is 221 g/mol. The van der Waals surface area contributed by atoms with Crippen LogP contribution in [-0.4, -0.2) is 29.4 Å². The van der Waals surface area contributed by atoms with E-state index in [1.165, 1.54) is 0 Å². The van der Waals surface area contributed by atoms with Crippen molar-refractivity contribution in [1.29, 1.82) is 0 Å². The van der Waals surface area contributed by atoms with Gasteiger partial charge in [0.1, 0.15) is 5.75 Å². The number of benzene rings is 1. The van der Waals surface area contributed by atoms with Gasteiger partial charge in [-0.05, 0) is 49.4 Å². The summed E-state index contributed by atoms with van der Waals surface area (Å²) in [6, 6.07) is 7.13. The number of phenols is 1. The largest absolute Gasteiger partial charge is 0.508 e. The van der Waals surface area contributed by atoms with Crippen LogP contribution in [-0.2, 0) is 6.42 Å². The number of piperidine rings is 1. The molecule has 16 heavy (non-hydrogen) atoms. The topological polar surface area (TPSA) is 52.5 Å². The lowest BCUT2D eigenvalue weighted by molar-refractivity contribution is 0.0922. The quantitative estimate of drug-likeness (QED) is 0.721. The van der Waals surface area contributed by atoms with E-state index in [0.29, 0.717) is 12.3 Å². The Hall–Kier alpha value is -1.06. The Morgan fingerprint density at radius 2 is 2.31 bits per heavy atom. The van der Waals surface area contributed by atoms with Gasteiger partial charge in [-0.3, -0.25) is 0 Å². The molecular formula is C13H19NO2. The molecule has 88 valence electrons. The number of aromatic hydroxyl groups is 1. The van der Waals surface area contributed by atoms with Crippen LogP contribution in [0.5, 0.6) is 5.75 Å². The first-order valence-electron chi connectivity index (χ1n) is 5.92. The fourth-order valence-corrected chi connectivity index (χ4v) is 2.30. The number of phenolic OH excluding ortho intramolecular Hbond substituents is 1. The first-order valence-corrected chi connectivity index (χ1v) is 5.92. The maximum Gasteiger partial charge on any atom is 0.115 e. The molecule has 1 aromatic rings. The smallest absolute Gasteiger partial charge is 0.115 e. The molecule has 3 heteroatoms. The van der Waals surface area contributed by atoms with Gasteiger partial charge in [0.2, 0.25) is 0 Å². The molecule has 0 amide bonds. The van der Waals surface area contributed by atoms with Gasteiger partial charge in [0.25, 0.3) is 0 Å². The third kappa shape index (κ3) is 2.97. The van der Waals surface area contributed by atoms with Crippen LogP contribution < -0.4 is 5.32 Å². The lowest BCUT2D eigenvalue weighted by Gasteiger charge is -2.27.